The Kier molecular flexibility index (Phi) is 3.37. The molecule has 2 aliphatic heterocycles. The second-order valence-electron chi connectivity index (χ2n) is 5.10. The molecule has 0 saturated carbocycles. The van der Waals surface area contributed by atoms with E-state index in [1.165, 1.54) is 18.9 Å². The molecule has 0 aliphatic carbocycles. The van der Waals surface area contributed by atoms with Crippen LogP contribution in [0.15, 0.2) is 18.2 Å². The fourth-order valence-electron chi connectivity index (χ4n) is 2.81. The number of nitrogens with one attached hydrogen (secondary N) is 1. The first kappa shape index (κ1) is 11.8. The summed E-state index contributed by atoms with van der Waals surface area (Å²) >= 11 is 0. The van der Waals surface area contributed by atoms with Gasteiger partial charge in [0.25, 0.3) is 0 Å². The van der Waals surface area contributed by atoms with Crippen LogP contribution in [0.4, 0.5) is 10.1 Å². The van der Waals surface area contributed by atoms with E-state index in [0.717, 1.165) is 37.6 Å². The molecule has 98 valence electrons. The SMILES string of the molecule is Fc1ccc2c(c1)N(CC1CCNCC1)CCO2. The van der Waals surface area contributed by atoms with Crippen LogP contribution >= 0.6 is 0 Å². The van der Waals surface area contributed by atoms with E-state index in [-0.39, 0.29) is 5.82 Å². The maximum Gasteiger partial charge on any atom is 0.142 e. The van der Waals surface area contributed by atoms with Gasteiger partial charge in [0.05, 0.1) is 12.2 Å². The van der Waals surface area contributed by atoms with Gasteiger partial charge in [-0.3, -0.25) is 0 Å². The minimum absolute atomic E-state index is 0.186. The van der Waals surface area contributed by atoms with Gasteiger partial charge in [-0.15, -0.1) is 0 Å². The van der Waals surface area contributed by atoms with Crippen LogP contribution in [0.2, 0.25) is 0 Å². The van der Waals surface area contributed by atoms with Gasteiger partial charge in [0.15, 0.2) is 0 Å². The van der Waals surface area contributed by atoms with Crippen molar-refractivity contribution in [3.05, 3.63) is 24.0 Å². The number of rotatable bonds is 2. The summed E-state index contributed by atoms with van der Waals surface area (Å²) in [6.45, 7) is 4.78. The molecule has 0 unspecified atom stereocenters. The molecule has 4 heteroatoms. The van der Waals surface area contributed by atoms with E-state index >= 15 is 0 Å². The third kappa shape index (κ3) is 2.43. The maximum absolute atomic E-state index is 13.4. The maximum atomic E-state index is 13.4. The molecule has 0 bridgehead atoms. The van der Waals surface area contributed by atoms with Crippen LogP contribution in [-0.2, 0) is 0 Å². The lowest BCUT2D eigenvalue weighted by Gasteiger charge is -2.35. The van der Waals surface area contributed by atoms with Gasteiger partial charge in [-0.1, -0.05) is 0 Å². The lowest BCUT2D eigenvalue weighted by atomic mass is 9.97. The number of nitrogens with zero attached hydrogens (tertiary/aromatic N) is 1. The number of halogens is 1. The molecule has 1 saturated heterocycles. The van der Waals surface area contributed by atoms with Crippen molar-refractivity contribution in [1.29, 1.82) is 0 Å². The second kappa shape index (κ2) is 5.14. The number of piperidine rings is 1. The first-order valence-electron chi connectivity index (χ1n) is 6.71. The van der Waals surface area contributed by atoms with Crippen LogP contribution in [0.1, 0.15) is 12.8 Å². The molecule has 0 atom stereocenters. The second-order valence-corrected chi connectivity index (χ2v) is 5.10. The van der Waals surface area contributed by atoms with Gasteiger partial charge in [0, 0.05) is 12.6 Å². The van der Waals surface area contributed by atoms with Crippen LogP contribution in [0.3, 0.4) is 0 Å². The highest BCUT2D eigenvalue weighted by Gasteiger charge is 2.22. The zero-order valence-corrected chi connectivity index (χ0v) is 10.5. The Morgan fingerprint density at radius 1 is 1.33 bits per heavy atom. The Balaban J connectivity index is 1.75. The topological polar surface area (TPSA) is 24.5 Å². The third-order valence-electron chi connectivity index (χ3n) is 3.82. The van der Waals surface area contributed by atoms with Crippen molar-refractivity contribution in [3.8, 4) is 5.75 Å². The van der Waals surface area contributed by atoms with E-state index in [9.17, 15) is 4.39 Å². The quantitative estimate of drug-likeness (QED) is 0.869. The molecule has 18 heavy (non-hydrogen) atoms. The summed E-state index contributed by atoms with van der Waals surface area (Å²) in [7, 11) is 0. The molecular weight excluding hydrogens is 231 g/mol. The molecule has 1 N–H and O–H groups in total. The number of hydrogen-bond acceptors (Lipinski definition) is 3. The molecular formula is C14H19FN2O. The van der Waals surface area contributed by atoms with Gasteiger partial charge in [-0.05, 0) is 44.0 Å². The lowest BCUT2D eigenvalue weighted by molar-refractivity contribution is 0.294. The van der Waals surface area contributed by atoms with Crippen molar-refractivity contribution < 1.29 is 9.13 Å². The van der Waals surface area contributed by atoms with Crippen molar-refractivity contribution in [1.82, 2.24) is 5.32 Å². The van der Waals surface area contributed by atoms with E-state index in [1.807, 2.05) is 0 Å². The molecule has 1 aromatic carbocycles. The summed E-state index contributed by atoms with van der Waals surface area (Å²) in [5.74, 6) is 1.34. The van der Waals surface area contributed by atoms with E-state index in [2.05, 4.69) is 10.2 Å². The van der Waals surface area contributed by atoms with Gasteiger partial charge in [-0.25, -0.2) is 4.39 Å². The number of benzene rings is 1. The Morgan fingerprint density at radius 2 is 2.17 bits per heavy atom. The van der Waals surface area contributed by atoms with E-state index < -0.39 is 0 Å². The highest BCUT2D eigenvalue weighted by molar-refractivity contribution is 5.60. The zero-order valence-electron chi connectivity index (χ0n) is 10.5. The molecule has 1 fully saturated rings. The van der Waals surface area contributed by atoms with Crippen LogP contribution in [-0.4, -0.2) is 32.8 Å². The van der Waals surface area contributed by atoms with Crippen LogP contribution in [0.25, 0.3) is 0 Å². The largest absolute Gasteiger partial charge is 0.490 e. The zero-order chi connectivity index (χ0) is 12.4. The molecule has 0 spiro atoms. The lowest BCUT2D eigenvalue weighted by Crippen LogP contribution is -2.40. The monoisotopic (exact) mass is 250 g/mol. The van der Waals surface area contributed by atoms with Gasteiger partial charge in [0.2, 0.25) is 0 Å². The summed E-state index contributed by atoms with van der Waals surface area (Å²) in [5.41, 5.74) is 0.916. The van der Waals surface area contributed by atoms with Crippen LogP contribution in [0.5, 0.6) is 5.75 Å². The third-order valence-corrected chi connectivity index (χ3v) is 3.82. The predicted octanol–water partition coefficient (Wildman–Crippen LogP) is 2.02. The van der Waals surface area contributed by atoms with Gasteiger partial charge in [-0.2, -0.15) is 0 Å². The van der Waals surface area contributed by atoms with Crippen LogP contribution in [0, 0.1) is 11.7 Å². The predicted molar refractivity (Wildman–Crippen MR) is 69.7 cm³/mol. The van der Waals surface area contributed by atoms with Gasteiger partial charge in [0.1, 0.15) is 18.2 Å². The van der Waals surface area contributed by atoms with Crippen molar-refractivity contribution in [2.45, 2.75) is 12.8 Å². The van der Waals surface area contributed by atoms with Crippen molar-refractivity contribution in [2.75, 3.05) is 37.7 Å². The summed E-state index contributed by atoms with van der Waals surface area (Å²) < 4.78 is 18.9. The molecule has 2 heterocycles. The highest BCUT2D eigenvalue weighted by Crippen LogP contribution is 2.33. The molecule has 0 aromatic heterocycles. The Bertz CT molecular complexity index is 418. The van der Waals surface area contributed by atoms with Gasteiger partial charge < -0.3 is 15.0 Å². The van der Waals surface area contributed by atoms with Crippen molar-refractivity contribution in [2.24, 2.45) is 5.92 Å². The molecule has 3 rings (SSSR count). The fraction of sp³-hybridized carbons (Fsp3) is 0.571. The fourth-order valence-corrected chi connectivity index (χ4v) is 2.81. The first-order valence-corrected chi connectivity index (χ1v) is 6.71. The molecule has 1 aromatic rings. The van der Waals surface area contributed by atoms with Crippen molar-refractivity contribution >= 4 is 5.69 Å². The summed E-state index contributed by atoms with van der Waals surface area (Å²) in [6, 6.07) is 4.79. The normalized spacial score (nSPS) is 20.4. The Labute approximate surface area is 107 Å². The average molecular weight is 250 g/mol. The number of anilines is 1. The molecule has 0 radical (unpaired) electrons. The highest BCUT2D eigenvalue weighted by atomic mass is 19.1. The van der Waals surface area contributed by atoms with Gasteiger partial charge >= 0.3 is 0 Å². The van der Waals surface area contributed by atoms with Crippen LogP contribution < -0.4 is 15.0 Å². The first-order chi connectivity index (χ1) is 8.83. The summed E-state index contributed by atoms with van der Waals surface area (Å²) in [6.07, 6.45) is 2.42. The Morgan fingerprint density at radius 3 is 3.00 bits per heavy atom. The minimum Gasteiger partial charge on any atom is -0.490 e. The van der Waals surface area contributed by atoms with E-state index in [4.69, 9.17) is 4.74 Å². The Hall–Kier alpha value is -1.29. The number of hydrogen-bond donors (Lipinski definition) is 1. The average Bonchev–Trinajstić information content (AvgIpc) is 2.41. The molecule has 0 amide bonds. The smallest absolute Gasteiger partial charge is 0.142 e. The molecule has 3 nitrogen and oxygen atoms in total. The summed E-state index contributed by atoms with van der Waals surface area (Å²) in [4.78, 5) is 2.28. The summed E-state index contributed by atoms with van der Waals surface area (Å²) in [5, 5.41) is 3.38. The van der Waals surface area contributed by atoms with Crippen molar-refractivity contribution in [3.63, 3.8) is 0 Å². The van der Waals surface area contributed by atoms with E-state index in [1.54, 1.807) is 12.1 Å². The number of ether oxygens (including phenoxy) is 1. The molecule has 2 aliphatic rings. The number of fused-ring (bicyclic) bond motifs is 1. The standard InChI is InChI=1S/C14H19FN2O/c15-12-1-2-14-13(9-12)17(7-8-18-14)10-11-3-5-16-6-4-11/h1-2,9,11,16H,3-8,10H2. The minimum atomic E-state index is -0.186. The van der Waals surface area contributed by atoms with E-state index in [0.29, 0.717) is 12.5 Å².